The van der Waals surface area contributed by atoms with Crippen LogP contribution in [0.2, 0.25) is 0 Å². The molecule has 0 atom stereocenters. The summed E-state index contributed by atoms with van der Waals surface area (Å²) in [6.45, 7) is 3.93. The molecule has 0 aromatic carbocycles. The van der Waals surface area contributed by atoms with E-state index in [1.807, 2.05) is 0 Å². The Morgan fingerprint density at radius 2 is 1.31 bits per heavy atom. The lowest BCUT2D eigenvalue weighted by molar-refractivity contribution is 0.254. The van der Waals surface area contributed by atoms with Crippen LogP contribution in [0.5, 0.6) is 0 Å². The Balaban J connectivity index is 1.61. The lowest BCUT2D eigenvalue weighted by atomic mass is 9.77. The first-order valence-electron chi connectivity index (χ1n) is 7.51. The van der Waals surface area contributed by atoms with Crippen molar-refractivity contribution in [2.75, 3.05) is 0 Å². The van der Waals surface area contributed by atoms with Gasteiger partial charge in [-0.2, -0.15) is 0 Å². The fourth-order valence-electron chi connectivity index (χ4n) is 3.66. The SMILES string of the molecule is C=CC1CCC(CCC2CCCCC2)CC1. The fourth-order valence-corrected chi connectivity index (χ4v) is 3.66. The Hall–Kier alpha value is -0.260. The lowest BCUT2D eigenvalue weighted by Gasteiger charge is -2.29. The second kappa shape index (κ2) is 6.47. The summed E-state index contributed by atoms with van der Waals surface area (Å²) in [5, 5.41) is 0. The second-order valence-corrected chi connectivity index (χ2v) is 6.10. The Labute approximate surface area is 102 Å². The van der Waals surface area contributed by atoms with E-state index in [4.69, 9.17) is 0 Å². The van der Waals surface area contributed by atoms with Crippen molar-refractivity contribution in [3.63, 3.8) is 0 Å². The van der Waals surface area contributed by atoms with Crippen LogP contribution < -0.4 is 0 Å². The molecule has 2 saturated carbocycles. The first kappa shape index (κ1) is 12.2. The second-order valence-electron chi connectivity index (χ2n) is 6.10. The van der Waals surface area contributed by atoms with E-state index in [9.17, 15) is 0 Å². The van der Waals surface area contributed by atoms with Crippen LogP contribution in [-0.2, 0) is 0 Å². The highest BCUT2D eigenvalue weighted by Gasteiger charge is 2.21. The molecule has 2 fully saturated rings. The predicted octanol–water partition coefficient (Wildman–Crippen LogP) is 5.34. The predicted molar refractivity (Wildman–Crippen MR) is 71.5 cm³/mol. The van der Waals surface area contributed by atoms with Gasteiger partial charge >= 0.3 is 0 Å². The van der Waals surface area contributed by atoms with Crippen LogP contribution >= 0.6 is 0 Å². The van der Waals surface area contributed by atoms with Gasteiger partial charge in [0.15, 0.2) is 0 Å². The number of hydrogen-bond acceptors (Lipinski definition) is 0. The van der Waals surface area contributed by atoms with E-state index < -0.39 is 0 Å². The van der Waals surface area contributed by atoms with Gasteiger partial charge < -0.3 is 0 Å². The summed E-state index contributed by atoms with van der Waals surface area (Å²) in [6.07, 6.45) is 18.6. The summed E-state index contributed by atoms with van der Waals surface area (Å²) >= 11 is 0. The Kier molecular flexibility index (Phi) is 4.93. The van der Waals surface area contributed by atoms with Crippen molar-refractivity contribution in [2.24, 2.45) is 17.8 Å². The van der Waals surface area contributed by atoms with E-state index in [1.165, 1.54) is 70.6 Å². The molecule has 0 N–H and O–H groups in total. The third kappa shape index (κ3) is 3.64. The van der Waals surface area contributed by atoms with Crippen LogP contribution in [0.4, 0.5) is 0 Å². The molecule has 2 aliphatic carbocycles. The minimum Gasteiger partial charge on any atom is -0.103 e. The molecule has 0 nitrogen and oxygen atoms in total. The van der Waals surface area contributed by atoms with Crippen molar-refractivity contribution in [2.45, 2.75) is 70.6 Å². The molecule has 16 heavy (non-hydrogen) atoms. The zero-order chi connectivity index (χ0) is 11.2. The van der Waals surface area contributed by atoms with Crippen LogP contribution in [0.15, 0.2) is 12.7 Å². The maximum Gasteiger partial charge on any atom is -0.0236 e. The highest BCUT2D eigenvalue weighted by molar-refractivity contribution is 4.84. The third-order valence-corrected chi connectivity index (χ3v) is 4.93. The summed E-state index contributed by atoms with van der Waals surface area (Å²) in [4.78, 5) is 0. The van der Waals surface area contributed by atoms with Gasteiger partial charge in [-0.15, -0.1) is 6.58 Å². The molecule has 0 bridgehead atoms. The zero-order valence-corrected chi connectivity index (χ0v) is 10.8. The minimum absolute atomic E-state index is 0.839. The first-order valence-corrected chi connectivity index (χ1v) is 7.51. The quantitative estimate of drug-likeness (QED) is 0.561. The number of hydrogen-bond donors (Lipinski definition) is 0. The van der Waals surface area contributed by atoms with E-state index in [0.717, 1.165) is 17.8 Å². The highest BCUT2D eigenvalue weighted by Crippen LogP contribution is 2.35. The van der Waals surface area contributed by atoms with Gasteiger partial charge in [0.05, 0.1) is 0 Å². The van der Waals surface area contributed by atoms with Crippen molar-refractivity contribution < 1.29 is 0 Å². The van der Waals surface area contributed by atoms with Crippen LogP contribution in [0.3, 0.4) is 0 Å². The van der Waals surface area contributed by atoms with Crippen molar-refractivity contribution in [1.82, 2.24) is 0 Å². The van der Waals surface area contributed by atoms with Gasteiger partial charge in [-0.25, -0.2) is 0 Å². The Morgan fingerprint density at radius 3 is 1.88 bits per heavy atom. The fraction of sp³-hybridized carbons (Fsp3) is 0.875. The molecule has 0 radical (unpaired) electrons. The normalized spacial score (nSPS) is 32.5. The molecular formula is C16H28. The average molecular weight is 220 g/mol. The highest BCUT2D eigenvalue weighted by atomic mass is 14.3. The van der Waals surface area contributed by atoms with Gasteiger partial charge in [0.2, 0.25) is 0 Å². The number of allylic oxidation sites excluding steroid dienone is 1. The van der Waals surface area contributed by atoms with Crippen molar-refractivity contribution in [1.29, 1.82) is 0 Å². The minimum atomic E-state index is 0.839. The molecular weight excluding hydrogens is 192 g/mol. The molecule has 2 aliphatic rings. The van der Waals surface area contributed by atoms with Gasteiger partial charge in [-0.3, -0.25) is 0 Å². The van der Waals surface area contributed by atoms with E-state index in [-0.39, 0.29) is 0 Å². The summed E-state index contributed by atoms with van der Waals surface area (Å²) in [5.41, 5.74) is 0. The first-order chi connectivity index (χ1) is 7.88. The molecule has 0 spiro atoms. The lowest BCUT2D eigenvalue weighted by Crippen LogP contribution is -2.15. The standard InChI is InChI=1S/C16H28/c1-2-14-8-10-16(11-9-14)13-12-15-6-4-3-5-7-15/h2,14-16H,1,3-13H2. The summed E-state index contributed by atoms with van der Waals surface area (Å²) in [5.74, 6) is 2.98. The summed E-state index contributed by atoms with van der Waals surface area (Å²) in [6, 6.07) is 0. The maximum absolute atomic E-state index is 3.93. The van der Waals surface area contributed by atoms with E-state index >= 15 is 0 Å². The Bertz CT molecular complexity index is 192. The molecule has 0 saturated heterocycles. The molecule has 92 valence electrons. The van der Waals surface area contributed by atoms with Gasteiger partial charge in [0.1, 0.15) is 0 Å². The molecule has 0 aliphatic heterocycles. The average Bonchev–Trinajstić information content (AvgIpc) is 2.38. The number of rotatable bonds is 4. The molecule has 0 aromatic rings. The van der Waals surface area contributed by atoms with Gasteiger partial charge in [-0.1, -0.05) is 51.0 Å². The summed E-state index contributed by atoms with van der Waals surface area (Å²) in [7, 11) is 0. The van der Waals surface area contributed by atoms with E-state index in [1.54, 1.807) is 0 Å². The zero-order valence-electron chi connectivity index (χ0n) is 10.8. The Morgan fingerprint density at radius 1 is 0.750 bits per heavy atom. The molecule has 0 heteroatoms. The smallest absolute Gasteiger partial charge is 0.0236 e. The molecule has 0 aromatic heterocycles. The van der Waals surface area contributed by atoms with Crippen LogP contribution in [-0.4, -0.2) is 0 Å². The summed E-state index contributed by atoms with van der Waals surface area (Å²) < 4.78 is 0. The van der Waals surface area contributed by atoms with Gasteiger partial charge in [0.25, 0.3) is 0 Å². The van der Waals surface area contributed by atoms with Crippen LogP contribution in [0.1, 0.15) is 70.6 Å². The monoisotopic (exact) mass is 220 g/mol. The van der Waals surface area contributed by atoms with E-state index in [2.05, 4.69) is 12.7 Å². The maximum atomic E-state index is 3.93. The topological polar surface area (TPSA) is 0 Å². The van der Waals surface area contributed by atoms with E-state index in [0.29, 0.717) is 0 Å². The van der Waals surface area contributed by atoms with Crippen LogP contribution in [0, 0.1) is 17.8 Å². The van der Waals surface area contributed by atoms with Crippen molar-refractivity contribution >= 4 is 0 Å². The molecule has 2 rings (SSSR count). The molecule has 0 amide bonds. The van der Waals surface area contributed by atoms with Crippen molar-refractivity contribution in [3.05, 3.63) is 12.7 Å². The van der Waals surface area contributed by atoms with Gasteiger partial charge in [0, 0.05) is 0 Å². The van der Waals surface area contributed by atoms with Crippen LogP contribution in [0.25, 0.3) is 0 Å². The van der Waals surface area contributed by atoms with Crippen molar-refractivity contribution in [3.8, 4) is 0 Å². The van der Waals surface area contributed by atoms with Gasteiger partial charge in [-0.05, 0) is 43.4 Å². The largest absolute Gasteiger partial charge is 0.103 e. The third-order valence-electron chi connectivity index (χ3n) is 4.93. The molecule has 0 heterocycles. The molecule has 0 unspecified atom stereocenters.